The zero-order valence-corrected chi connectivity index (χ0v) is 12.7. The molecule has 0 saturated heterocycles. The lowest BCUT2D eigenvalue weighted by molar-refractivity contribution is 0.877. The van der Waals surface area contributed by atoms with E-state index in [1.165, 1.54) is 5.56 Å². The number of nitrogens with one attached hydrogen (secondary N) is 2. The lowest BCUT2D eigenvalue weighted by Gasteiger charge is -2.36. The molecule has 1 aliphatic heterocycles. The number of aromatic nitrogens is 3. The first-order chi connectivity index (χ1) is 11.2. The Hall–Kier alpha value is -3.15. The van der Waals surface area contributed by atoms with Crippen LogP contribution in [-0.2, 0) is 0 Å². The van der Waals surface area contributed by atoms with Crippen molar-refractivity contribution < 1.29 is 0 Å². The number of amidine groups is 1. The summed E-state index contributed by atoms with van der Waals surface area (Å²) in [5.41, 5.74) is 2.94. The summed E-state index contributed by atoms with van der Waals surface area (Å²) in [4.78, 5) is 8.41. The van der Waals surface area contributed by atoms with Gasteiger partial charge in [0.15, 0.2) is 0 Å². The number of H-pyrrole nitrogens is 1. The Morgan fingerprint density at radius 2 is 1.91 bits per heavy atom. The minimum atomic E-state index is 0.435. The Balaban J connectivity index is 1.79. The molecule has 0 aliphatic carbocycles. The summed E-state index contributed by atoms with van der Waals surface area (Å²) in [5, 5.41) is 15.6. The van der Waals surface area contributed by atoms with E-state index in [9.17, 15) is 0 Å². The van der Waals surface area contributed by atoms with Gasteiger partial charge in [-0.15, -0.1) is 0 Å². The number of nitrogens with zero attached hydrogens (tertiary/aromatic N) is 4. The van der Waals surface area contributed by atoms with Crippen LogP contribution in [0.5, 0.6) is 0 Å². The zero-order valence-electron chi connectivity index (χ0n) is 12.7. The molecule has 0 amide bonds. The van der Waals surface area contributed by atoms with Crippen molar-refractivity contribution in [2.24, 2.45) is 0 Å². The Morgan fingerprint density at radius 1 is 1.09 bits per heavy atom. The van der Waals surface area contributed by atoms with Crippen molar-refractivity contribution in [3.63, 3.8) is 0 Å². The maximum absolute atomic E-state index is 8.51. The highest BCUT2D eigenvalue weighted by molar-refractivity contribution is 6.13. The summed E-state index contributed by atoms with van der Waals surface area (Å²) in [6, 6.07) is 14.0. The van der Waals surface area contributed by atoms with Gasteiger partial charge in [0.1, 0.15) is 24.1 Å². The number of hydrogen-bond acceptors (Lipinski definition) is 4. The molecule has 3 aromatic rings. The molecule has 0 unspecified atom stereocenters. The van der Waals surface area contributed by atoms with Crippen molar-refractivity contribution >= 4 is 23.2 Å². The van der Waals surface area contributed by atoms with Crippen LogP contribution in [0.25, 0.3) is 0 Å². The molecule has 23 heavy (non-hydrogen) atoms. The van der Waals surface area contributed by atoms with E-state index in [2.05, 4.69) is 34.2 Å². The molecule has 0 spiro atoms. The van der Waals surface area contributed by atoms with Crippen LogP contribution >= 0.6 is 0 Å². The maximum Gasteiger partial charge on any atom is 0.142 e. The van der Waals surface area contributed by atoms with Gasteiger partial charge in [0, 0.05) is 11.9 Å². The normalized spacial score (nSPS) is 14.0. The summed E-state index contributed by atoms with van der Waals surface area (Å²) in [6.07, 6.45) is 3.45. The Bertz CT molecular complexity index is 837. The van der Waals surface area contributed by atoms with Gasteiger partial charge >= 0.3 is 0 Å². The first-order valence-corrected chi connectivity index (χ1v) is 7.39. The number of pyridine rings is 1. The monoisotopic (exact) mass is 304 g/mol. The van der Waals surface area contributed by atoms with Gasteiger partial charge < -0.3 is 4.90 Å². The van der Waals surface area contributed by atoms with Gasteiger partial charge in [0.05, 0.1) is 11.8 Å². The van der Waals surface area contributed by atoms with Crippen LogP contribution in [0, 0.1) is 12.3 Å². The third-order valence-corrected chi connectivity index (χ3v) is 3.97. The van der Waals surface area contributed by atoms with Crippen molar-refractivity contribution in [1.82, 2.24) is 15.2 Å². The fraction of sp³-hybridized carbons (Fsp3) is 0.118. The second-order valence-electron chi connectivity index (χ2n) is 5.50. The predicted molar refractivity (Wildman–Crippen MR) is 90.3 cm³/mol. The molecule has 3 heterocycles. The molecule has 0 bridgehead atoms. The minimum absolute atomic E-state index is 0.435. The van der Waals surface area contributed by atoms with Crippen LogP contribution < -0.4 is 9.80 Å². The van der Waals surface area contributed by atoms with Crippen molar-refractivity contribution in [2.75, 3.05) is 16.5 Å². The number of rotatable bonds is 2. The van der Waals surface area contributed by atoms with Gasteiger partial charge in [-0.3, -0.25) is 15.4 Å². The molecule has 0 fully saturated rings. The smallest absolute Gasteiger partial charge is 0.142 e. The van der Waals surface area contributed by atoms with Crippen molar-refractivity contribution in [3.8, 4) is 0 Å². The van der Waals surface area contributed by atoms with E-state index in [0.29, 0.717) is 12.5 Å². The minimum Gasteiger partial charge on any atom is -0.307 e. The second-order valence-corrected chi connectivity index (χ2v) is 5.50. The molecule has 4 rings (SSSR count). The lowest BCUT2D eigenvalue weighted by Crippen LogP contribution is -2.45. The van der Waals surface area contributed by atoms with E-state index in [1.807, 2.05) is 40.1 Å². The number of fused-ring (bicyclic) bond motifs is 1. The predicted octanol–water partition coefficient (Wildman–Crippen LogP) is 3.05. The molecular weight excluding hydrogens is 288 g/mol. The summed E-state index contributed by atoms with van der Waals surface area (Å²) in [6.45, 7) is 2.56. The first kappa shape index (κ1) is 13.5. The lowest BCUT2D eigenvalue weighted by atomic mass is 10.1. The van der Waals surface area contributed by atoms with Crippen molar-refractivity contribution in [3.05, 3.63) is 66.0 Å². The topological polar surface area (TPSA) is 71.9 Å². The fourth-order valence-corrected chi connectivity index (χ4v) is 2.72. The zero-order chi connectivity index (χ0) is 15.8. The molecular formula is C17H16N6. The van der Waals surface area contributed by atoms with Crippen molar-refractivity contribution in [2.45, 2.75) is 6.92 Å². The number of aromatic amines is 1. The summed E-state index contributed by atoms with van der Waals surface area (Å²) in [5.74, 6) is 2.06. The van der Waals surface area contributed by atoms with E-state index >= 15 is 0 Å². The van der Waals surface area contributed by atoms with Crippen LogP contribution in [0.3, 0.4) is 0 Å². The summed E-state index contributed by atoms with van der Waals surface area (Å²) >= 11 is 0. The molecule has 0 saturated carbocycles. The van der Waals surface area contributed by atoms with Crippen LogP contribution in [0.15, 0.2) is 54.9 Å². The SMILES string of the molecule is Cc1ccc(N2CN(c3ccccn3)c3[nH]ncc3C2=N)cc1. The van der Waals surface area contributed by atoms with E-state index < -0.39 is 0 Å². The second kappa shape index (κ2) is 5.24. The highest BCUT2D eigenvalue weighted by Crippen LogP contribution is 2.32. The Morgan fingerprint density at radius 3 is 2.65 bits per heavy atom. The molecule has 6 nitrogen and oxygen atoms in total. The average molecular weight is 304 g/mol. The third-order valence-electron chi connectivity index (χ3n) is 3.97. The van der Waals surface area contributed by atoms with Gasteiger partial charge in [0.25, 0.3) is 0 Å². The number of hydrogen-bond donors (Lipinski definition) is 2. The number of anilines is 3. The standard InChI is InChI=1S/C17H16N6/c1-12-5-7-13(8-6-12)22-11-23(15-4-2-3-9-19-15)17-14(16(22)18)10-20-21-17/h2-10,18H,11H2,1H3,(H,20,21). The first-order valence-electron chi connectivity index (χ1n) is 7.39. The fourth-order valence-electron chi connectivity index (χ4n) is 2.72. The van der Waals surface area contributed by atoms with E-state index in [4.69, 9.17) is 5.41 Å². The van der Waals surface area contributed by atoms with Crippen molar-refractivity contribution in [1.29, 1.82) is 5.41 Å². The molecule has 0 radical (unpaired) electrons. The molecule has 1 aromatic carbocycles. The highest BCUT2D eigenvalue weighted by atomic mass is 15.4. The summed E-state index contributed by atoms with van der Waals surface area (Å²) in [7, 11) is 0. The van der Waals surface area contributed by atoms with E-state index in [0.717, 1.165) is 22.9 Å². The van der Waals surface area contributed by atoms with Gasteiger partial charge in [0.2, 0.25) is 0 Å². The molecule has 1 aliphatic rings. The molecule has 114 valence electrons. The molecule has 2 aromatic heterocycles. The maximum atomic E-state index is 8.51. The van der Waals surface area contributed by atoms with Crippen LogP contribution in [0.1, 0.15) is 11.1 Å². The van der Waals surface area contributed by atoms with Crippen LogP contribution in [-0.4, -0.2) is 27.7 Å². The number of aryl methyl sites for hydroxylation is 1. The number of benzene rings is 1. The van der Waals surface area contributed by atoms with Gasteiger partial charge in [-0.1, -0.05) is 23.8 Å². The van der Waals surface area contributed by atoms with E-state index in [1.54, 1.807) is 12.4 Å². The highest BCUT2D eigenvalue weighted by Gasteiger charge is 2.30. The van der Waals surface area contributed by atoms with Crippen LogP contribution in [0.4, 0.5) is 17.3 Å². The average Bonchev–Trinajstić information content (AvgIpc) is 3.07. The summed E-state index contributed by atoms with van der Waals surface area (Å²) < 4.78 is 0. The molecule has 2 N–H and O–H groups in total. The third kappa shape index (κ3) is 2.24. The largest absolute Gasteiger partial charge is 0.307 e. The molecule has 6 heteroatoms. The van der Waals surface area contributed by atoms with Gasteiger partial charge in [-0.2, -0.15) is 5.10 Å². The Kier molecular flexibility index (Phi) is 3.08. The molecule has 0 atom stereocenters. The van der Waals surface area contributed by atoms with E-state index in [-0.39, 0.29) is 0 Å². The Labute approximate surface area is 133 Å². The van der Waals surface area contributed by atoms with Gasteiger partial charge in [-0.05, 0) is 31.2 Å². The van der Waals surface area contributed by atoms with Crippen LogP contribution in [0.2, 0.25) is 0 Å². The quantitative estimate of drug-likeness (QED) is 0.763. The van der Waals surface area contributed by atoms with Gasteiger partial charge in [-0.25, -0.2) is 4.98 Å².